The average Bonchev–Trinajstić information content (AvgIpc) is 2.71. The molecule has 4 nitrogen and oxygen atoms in total. The summed E-state index contributed by atoms with van der Waals surface area (Å²) in [6, 6.07) is 1.74. The Hall–Kier alpha value is -0.950. The number of hydrogen-bond acceptors (Lipinski definition) is 4. The Bertz CT molecular complexity index is 581. The van der Waals surface area contributed by atoms with Crippen LogP contribution < -0.4 is 5.32 Å². The molecular formula is C12H12Br2FN3O. The summed E-state index contributed by atoms with van der Waals surface area (Å²) in [5.41, 5.74) is 0.284. The zero-order chi connectivity index (χ0) is 14.0. The highest BCUT2D eigenvalue weighted by Gasteiger charge is 2.16. The van der Waals surface area contributed by atoms with Gasteiger partial charge < -0.3 is 9.73 Å². The molecule has 7 heteroatoms. The first-order chi connectivity index (χ1) is 9.02. The van der Waals surface area contributed by atoms with Crippen LogP contribution in [0.15, 0.2) is 19.6 Å². The van der Waals surface area contributed by atoms with Gasteiger partial charge in [-0.3, -0.25) is 0 Å². The Kier molecular flexibility index (Phi) is 4.57. The molecule has 0 aromatic carbocycles. The van der Waals surface area contributed by atoms with Crippen LogP contribution in [-0.4, -0.2) is 16.5 Å². The number of hydrogen-bond donors (Lipinski definition) is 1. The zero-order valence-electron chi connectivity index (χ0n) is 10.4. The van der Waals surface area contributed by atoms with Gasteiger partial charge in [0.05, 0.1) is 10.2 Å². The van der Waals surface area contributed by atoms with Crippen molar-refractivity contribution in [2.75, 3.05) is 11.9 Å². The van der Waals surface area contributed by atoms with E-state index in [4.69, 9.17) is 4.42 Å². The van der Waals surface area contributed by atoms with Crippen LogP contribution >= 0.6 is 31.9 Å². The van der Waals surface area contributed by atoms with Crippen molar-refractivity contribution in [1.82, 2.24) is 9.97 Å². The summed E-state index contributed by atoms with van der Waals surface area (Å²) in [5.74, 6) is 0.597. The van der Waals surface area contributed by atoms with Gasteiger partial charge in [-0.15, -0.1) is 0 Å². The lowest BCUT2D eigenvalue weighted by atomic mass is 10.3. The van der Waals surface area contributed by atoms with Crippen molar-refractivity contribution in [2.24, 2.45) is 0 Å². The molecule has 2 heterocycles. The maximum Gasteiger partial charge on any atom is 0.198 e. The van der Waals surface area contributed by atoms with Gasteiger partial charge in [0.15, 0.2) is 27.9 Å². The van der Waals surface area contributed by atoms with E-state index >= 15 is 0 Å². The van der Waals surface area contributed by atoms with Crippen molar-refractivity contribution in [3.05, 3.63) is 26.7 Å². The van der Waals surface area contributed by atoms with E-state index in [2.05, 4.69) is 47.1 Å². The highest BCUT2D eigenvalue weighted by atomic mass is 79.9. The maximum absolute atomic E-state index is 13.9. The predicted octanol–water partition coefficient (Wildman–Crippen LogP) is 4.53. The van der Waals surface area contributed by atoms with Gasteiger partial charge in [-0.25, -0.2) is 14.4 Å². The third kappa shape index (κ3) is 3.14. The van der Waals surface area contributed by atoms with Crippen LogP contribution in [0.5, 0.6) is 0 Å². The Morgan fingerprint density at radius 3 is 2.68 bits per heavy atom. The van der Waals surface area contributed by atoms with Crippen LogP contribution in [0.2, 0.25) is 0 Å². The van der Waals surface area contributed by atoms with Crippen molar-refractivity contribution in [2.45, 2.75) is 20.3 Å². The quantitative estimate of drug-likeness (QED) is 0.830. The van der Waals surface area contributed by atoms with Crippen molar-refractivity contribution >= 4 is 37.7 Å². The first-order valence-electron chi connectivity index (χ1n) is 5.76. The molecule has 0 aliphatic rings. The van der Waals surface area contributed by atoms with Gasteiger partial charge in [0.1, 0.15) is 0 Å². The number of aromatic nitrogens is 2. The van der Waals surface area contributed by atoms with Gasteiger partial charge in [0.2, 0.25) is 0 Å². The number of aryl methyl sites for hydroxylation is 1. The van der Waals surface area contributed by atoms with Crippen molar-refractivity contribution in [1.29, 1.82) is 0 Å². The molecule has 102 valence electrons. The van der Waals surface area contributed by atoms with Gasteiger partial charge >= 0.3 is 0 Å². The highest BCUT2D eigenvalue weighted by molar-refractivity contribution is 9.13. The molecule has 0 saturated heterocycles. The molecule has 2 aromatic rings. The molecule has 0 amide bonds. The van der Waals surface area contributed by atoms with Gasteiger partial charge in [-0.1, -0.05) is 6.92 Å². The van der Waals surface area contributed by atoms with Crippen LogP contribution in [-0.2, 0) is 0 Å². The number of nitrogens with zero attached hydrogens (tertiary/aromatic N) is 2. The average molecular weight is 393 g/mol. The normalized spacial score (nSPS) is 10.8. The molecule has 0 atom stereocenters. The van der Waals surface area contributed by atoms with Crippen LogP contribution in [0.3, 0.4) is 0 Å². The smallest absolute Gasteiger partial charge is 0.198 e. The van der Waals surface area contributed by atoms with Crippen molar-refractivity contribution in [3.8, 4) is 11.6 Å². The predicted molar refractivity (Wildman–Crippen MR) is 78.6 cm³/mol. The molecular weight excluding hydrogens is 381 g/mol. The Labute approximate surface area is 127 Å². The Balaban J connectivity index is 2.43. The molecule has 0 saturated carbocycles. The maximum atomic E-state index is 13.9. The number of halogens is 3. The summed E-state index contributed by atoms with van der Waals surface area (Å²) in [4.78, 5) is 8.27. The fraction of sp³-hybridized carbons (Fsp3) is 0.333. The van der Waals surface area contributed by atoms with Gasteiger partial charge in [0, 0.05) is 12.6 Å². The summed E-state index contributed by atoms with van der Waals surface area (Å²) < 4.78 is 20.6. The van der Waals surface area contributed by atoms with Crippen molar-refractivity contribution in [3.63, 3.8) is 0 Å². The third-order valence-corrected chi connectivity index (χ3v) is 4.13. The minimum absolute atomic E-state index is 0.202. The molecule has 0 spiro atoms. The van der Waals surface area contributed by atoms with E-state index < -0.39 is 5.82 Å². The molecule has 19 heavy (non-hydrogen) atoms. The highest BCUT2D eigenvalue weighted by Crippen LogP contribution is 2.32. The van der Waals surface area contributed by atoms with E-state index in [1.54, 1.807) is 13.0 Å². The van der Waals surface area contributed by atoms with E-state index in [0.29, 0.717) is 22.8 Å². The largest absolute Gasteiger partial charge is 0.445 e. The molecule has 0 bridgehead atoms. The number of rotatable bonds is 4. The SMILES string of the molecule is CCCNc1nc(-c2cc(Br)c(Br)o2)nc(C)c1F. The topological polar surface area (TPSA) is 51.0 Å². The van der Waals surface area contributed by atoms with E-state index in [-0.39, 0.29) is 11.5 Å². The standard InChI is InChI=1S/C12H12Br2FN3O/c1-3-4-16-12-9(15)6(2)17-11(18-12)8-5-7(13)10(14)19-8/h5H,3-4H2,1-2H3,(H,16,17,18). The second-order valence-electron chi connectivity index (χ2n) is 3.95. The number of anilines is 1. The lowest BCUT2D eigenvalue weighted by Gasteiger charge is -2.08. The zero-order valence-corrected chi connectivity index (χ0v) is 13.6. The molecule has 0 unspecified atom stereocenters. The minimum atomic E-state index is -0.429. The van der Waals surface area contributed by atoms with Crippen molar-refractivity contribution < 1.29 is 8.81 Å². The fourth-order valence-corrected chi connectivity index (χ4v) is 2.06. The second-order valence-corrected chi connectivity index (χ2v) is 5.53. The van der Waals surface area contributed by atoms with E-state index in [1.807, 2.05) is 6.92 Å². The molecule has 1 N–H and O–H groups in total. The monoisotopic (exact) mass is 391 g/mol. The van der Waals surface area contributed by atoms with Gasteiger partial charge in [-0.05, 0) is 45.2 Å². The summed E-state index contributed by atoms with van der Waals surface area (Å²) in [7, 11) is 0. The Morgan fingerprint density at radius 1 is 1.37 bits per heavy atom. The van der Waals surface area contributed by atoms with E-state index in [0.717, 1.165) is 10.9 Å². The molecule has 0 radical (unpaired) electrons. The van der Waals surface area contributed by atoms with E-state index in [9.17, 15) is 4.39 Å². The summed E-state index contributed by atoms with van der Waals surface area (Å²) in [5, 5.41) is 2.94. The van der Waals surface area contributed by atoms with Gasteiger partial charge in [0.25, 0.3) is 0 Å². The lowest BCUT2D eigenvalue weighted by molar-refractivity contribution is 0.546. The molecule has 0 aliphatic heterocycles. The molecule has 2 aromatic heterocycles. The lowest BCUT2D eigenvalue weighted by Crippen LogP contribution is -2.08. The van der Waals surface area contributed by atoms with E-state index in [1.165, 1.54) is 0 Å². The first-order valence-corrected chi connectivity index (χ1v) is 7.34. The number of nitrogens with one attached hydrogen (secondary N) is 1. The van der Waals surface area contributed by atoms with Gasteiger partial charge in [-0.2, -0.15) is 0 Å². The summed E-state index contributed by atoms with van der Waals surface area (Å²) in [6.07, 6.45) is 0.885. The van der Waals surface area contributed by atoms with Crippen LogP contribution in [0.1, 0.15) is 19.0 Å². The molecule has 0 fully saturated rings. The van der Waals surface area contributed by atoms with Crippen LogP contribution in [0.25, 0.3) is 11.6 Å². The van der Waals surface area contributed by atoms with Crippen LogP contribution in [0.4, 0.5) is 10.2 Å². The first kappa shape index (κ1) is 14.5. The Morgan fingerprint density at radius 2 is 2.11 bits per heavy atom. The summed E-state index contributed by atoms with van der Waals surface area (Å²) >= 11 is 6.57. The fourth-order valence-electron chi connectivity index (χ4n) is 1.49. The summed E-state index contributed by atoms with van der Waals surface area (Å²) in [6.45, 7) is 4.25. The molecule has 2 rings (SSSR count). The molecule has 0 aliphatic carbocycles. The number of furan rings is 1. The van der Waals surface area contributed by atoms with Crippen LogP contribution in [0, 0.1) is 12.7 Å². The third-order valence-electron chi connectivity index (χ3n) is 2.42. The minimum Gasteiger partial charge on any atom is -0.445 e. The second kappa shape index (κ2) is 6.00.